The van der Waals surface area contributed by atoms with Crippen molar-refractivity contribution >= 4 is 45.6 Å². The normalized spacial score (nSPS) is 10.9. The molecule has 1 amide bonds. The van der Waals surface area contributed by atoms with Crippen molar-refractivity contribution in [1.29, 1.82) is 0 Å². The van der Waals surface area contributed by atoms with Crippen LogP contribution in [-0.4, -0.2) is 28.2 Å². The Kier molecular flexibility index (Phi) is 4.75. The minimum Gasteiger partial charge on any atom is -0.289 e. The number of hydrogen-bond donors (Lipinski definition) is 0. The molecule has 0 saturated heterocycles. The predicted octanol–water partition coefficient (Wildman–Crippen LogP) is 2.87. The van der Waals surface area contributed by atoms with Gasteiger partial charge in [-0.1, -0.05) is 0 Å². The molecule has 0 fully saturated rings. The lowest BCUT2D eigenvalue weighted by atomic mass is 10.3. The monoisotopic (exact) mass is 307 g/mol. The molecule has 2 rings (SSSR count). The van der Waals surface area contributed by atoms with Crippen molar-refractivity contribution in [3.8, 4) is 0 Å². The van der Waals surface area contributed by atoms with Crippen LogP contribution in [0.15, 0.2) is 23.0 Å². The summed E-state index contributed by atoms with van der Waals surface area (Å²) in [6.45, 7) is 3.97. The summed E-state index contributed by atoms with van der Waals surface area (Å²) in [6, 6.07) is 0. The van der Waals surface area contributed by atoms with E-state index in [9.17, 15) is 9.59 Å². The molecule has 2 heterocycles. The molecule has 2 aromatic heterocycles. The Bertz CT molecular complexity index is 632. The fraction of sp³-hybridized carbons (Fsp3) is 0.231. The number of carbonyl (C=O) groups excluding carboxylic acids is 2. The highest BCUT2D eigenvalue weighted by molar-refractivity contribution is 7.14. The molecule has 0 atom stereocenters. The summed E-state index contributed by atoms with van der Waals surface area (Å²) >= 11 is 2.68. The van der Waals surface area contributed by atoms with Crippen LogP contribution in [0.2, 0.25) is 0 Å². The van der Waals surface area contributed by atoms with E-state index in [0.29, 0.717) is 22.4 Å². The summed E-state index contributed by atoms with van der Waals surface area (Å²) in [5.41, 5.74) is 0.662. The van der Waals surface area contributed by atoms with E-state index in [1.54, 1.807) is 22.6 Å². The van der Waals surface area contributed by atoms with Crippen molar-refractivity contribution in [2.24, 2.45) is 0 Å². The Morgan fingerprint density at radius 2 is 2.20 bits per heavy atom. The zero-order valence-electron chi connectivity index (χ0n) is 11.1. The quantitative estimate of drug-likeness (QED) is 0.629. The smallest absolute Gasteiger partial charge is 0.225 e. The molecule has 0 aromatic carbocycles. The molecule has 0 spiro atoms. The van der Waals surface area contributed by atoms with Crippen LogP contribution in [0.4, 0.5) is 5.13 Å². The number of carbonyl (C=O) groups is 2. The van der Waals surface area contributed by atoms with Crippen LogP contribution in [-0.2, 0) is 4.79 Å². The minimum atomic E-state index is -0.145. The second-order valence-electron chi connectivity index (χ2n) is 3.85. The van der Waals surface area contributed by atoms with Gasteiger partial charge in [-0.05, 0) is 19.1 Å². The molecule has 0 aliphatic rings. The van der Waals surface area contributed by atoms with Gasteiger partial charge in [0.05, 0.1) is 5.69 Å². The van der Waals surface area contributed by atoms with E-state index >= 15 is 0 Å². The Labute approximate surface area is 124 Å². The Morgan fingerprint density at radius 1 is 1.40 bits per heavy atom. The standard InChI is InChI=1S/C13H13N3O2S2/c1-3-16(9(2)17)13-15-10(8-20-13)4-5-11(18)12-14-6-7-19-12/h4-8H,3H2,1-2H3/b5-4+. The lowest BCUT2D eigenvalue weighted by molar-refractivity contribution is -0.116. The molecule has 0 N–H and O–H groups in total. The average Bonchev–Trinajstić information content (AvgIpc) is 3.08. The molecule has 0 aliphatic carbocycles. The lowest BCUT2D eigenvalue weighted by Crippen LogP contribution is -2.27. The second kappa shape index (κ2) is 6.53. The van der Waals surface area contributed by atoms with Gasteiger partial charge in [0.2, 0.25) is 11.7 Å². The lowest BCUT2D eigenvalue weighted by Gasteiger charge is -2.14. The van der Waals surface area contributed by atoms with E-state index < -0.39 is 0 Å². The van der Waals surface area contributed by atoms with Gasteiger partial charge in [-0.25, -0.2) is 9.97 Å². The minimum absolute atomic E-state index is 0.0451. The van der Waals surface area contributed by atoms with Crippen LogP contribution in [0.1, 0.15) is 29.3 Å². The number of anilines is 1. The molecule has 5 nitrogen and oxygen atoms in total. The van der Waals surface area contributed by atoms with E-state index in [1.807, 2.05) is 12.3 Å². The molecule has 2 aromatic rings. The van der Waals surface area contributed by atoms with Gasteiger partial charge < -0.3 is 0 Å². The number of amides is 1. The van der Waals surface area contributed by atoms with Gasteiger partial charge in [0.25, 0.3) is 0 Å². The van der Waals surface area contributed by atoms with Crippen LogP contribution in [0, 0.1) is 0 Å². The second-order valence-corrected chi connectivity index (χ2v) is 5.58. The van der Waals surface area contributed by atoms with Gasteiger partial charge in [0, 0.05) is 30.4 Å². The van der Waals surface area contributed by atoms with Crippen molar-refractivity contribution in [3.63, 3.8) is 0 Å². The van der Waals surface area contributed by atoms with E-state index in [2.05, 4.69) is 9.97 Å². The van der Waals surface area contributed by atoms with Gasteiger partial charge in [0.15, 0.2) is 10.1 Å². The number of aromatic nitrogens is 2. The summed E-state index contributed by atoms with van der Waals surface area (Å²) in [5, 5.41) is 4.66. The van der Waals surface area contributed by atoms with Crippen molar-refractivity contribution in [2.75, 3.05) is 11.4 Å². The van der Waals surface area contributed by atoms with Crippen molar-refractivity contribution in [2.45, 2.75) is 13.8 Å². The highest BCUT2D eigenvalue weighted by Crippen LogP contribution is 2.21. The average molecular weight is 307 g/mol. The molecule has 0 radical (unpaired) electrons. The SMILES string of the molecule is CCN(C(C)=O)c1nc(/C=C/C(=O)c2nccs2)cs1. The third kappa shape index (κ3) is 3.37. The Balaban J connectivity index is 2.10. The Morgan fingerprint density at radius 3 is 2.80 bits per heavy atom. The molecule has 104 valence electrons. The van der Waals surface area contributed by atoms with Crippen LogP contribution < -0.4 is 4.90 Å². The molecule has 7 heteroatoms. The van der Waals surface area contributed by atoms with Crippen molar-refractivity contribution in [1.82, 2.24) is 9.97 Å². The van der Waals surface area contributed by atoms with Gasteiger partial charge in [-0.3, -0.25) is 14.5 Å². The van der Waals surface area contributed by atoms with Crippen LogP contribution in [0.25, 0.3) is 6.08 Å². The first-order valence-corrected chi connectivity index (χ1v) is 7.73. The van der Waals surface area contributed by atoms with Gasteiger partial charge in [-0.15, -0.1) is 22.7 Å². The van der Waals surface area contributed by atoms with E-state index in [-0.39, 0.29) is 11.7 Å². The number of hydrogen-bond acceptors (Lipinski definition) is 6. The summed E-state index contributed by atoms with van der Waals surface area (Å²) in [7, 11) is 0. The zero-order chi connectivity index (χ0) is 14.5. The maximum absolute atomic E-state index is 11.8. The first kappa shape index (κ1) is 14.5. The number of rotatable bonds is 5. The van der Waals surface area contributed by atoms with Gasteiger partial charge in [-0.2, -0.15) is 0 Å². The highest BCUT2D eigenvalue weighted by atomic mass is 32.1. The zero-order valence-corrected chi connectivity index (χ0v) is 12.7. The largest absolute Gasteiger partial charge is 0.289 e. The molecular weight excluding hydrogens is 294 g/mol. The van der Waals surface area contributed by atoms with Crippen LogP contribution in [0.5, 0.6) is 0 Å². The first-order chi connectivity index (χ1) is 9.61. The van der Waals surface area contributed by atoms with E-state index in [0.717, 1.165) is 0 Å². The summed E-state index contributed by atoms with van der Waals surface area (Å²) < 4.78 is 0. The third-order valence-electron chi connectivity index (χ3n) is 2.49. The maximum atomic E-state index is 11.8. The van der Waals surface area contributed by atoms with Crippen LogP contribution in [0.3, 0.4) is 0 Å². The number of thiazole rings is 2. The fourth-order valence-corrected chi connectivity index (χ4v) is 3.00. The molecule has 0 bridgehead atoms. The van der Waals surface area contributed by atoms with Gasteiger partial charge in [0.1, 0.15) is 0 Å². The van der Waals surface area contributed by atoms with E-state index in [4.69, 9.17) is 0 Å². The van der Waals surface area contributed by atoms with E-state index in [1.165, 1.54) is 35.7 Å². The predicted molar refractivity (Wildman–Crippen MR) is 81.3 cm³/mol. The molecule has 0 unspecified atom stereocenters. The third-order valence-corrected chi connectivity index (χ3v) is 4.16. The van der Waals surface area contributed by atoms with Crippen molar-refractivity contribution < 1.29 is 9.59 Å². The highest BCUT2D eigenvalue weighted by Gasteiger charge is 2.12. The molecule has 0 saturated carbocycles. The van der Waals surface area contributed by atoms with Gasteiger partial charge >= 0.3 is 0 Å². The van der Waals surface area contributed by atoms with Crippen LogP contribution >= 0.6 is 22.7 Å². The van der Waals surface area contributed by atoms with Crippen molar-refractivity contribution in [3.05, 3.63) is 33.7 Å². The maximum Gasteiger partial charge on any atom is 0.225 e. The molecular formula is C13H13N3O2S2. The summed E-state index contributed by atoms with van der Waals surface area (Å²) in [5.74, 6) is -0.190. The first-order valence-electron chi connectivity index (χ1n) is 5.97. The Hall–Kier alpha value is -1.86. The number of allylic oxidation sites excluding steroid dienone is 1. The number of nitrogens with zero attached hydrogens (tertiary/aromatic N) is 3. The summed E-state index contributed by atoms with van der Waals surface area (Å²) in [4.78, 5) is 33.0. The summed E-state index contributed by atoms with van der Waals surface area (Å²) in [6.07, 6.45) is 4.68. The fourth-order valence-electron chi connectivity index (χ4n) is 1.55. The molecule has 0 aliphatic heterocycles. The topological polar surface area (TPSA) is 63.2 Å². The molecule has 20 heavy (non-hydrogen) atoms. The number of ketones is 1.